The molecule has 4 heteroatoms. The molecule has 1 aromatic carbocycles. The summed E-state index contributed by atoms with van der Waals surface area (Å²) < 4.78 is 5.78. The minimum Gasteiger partial charge on any atom is -0.495 e. The van der Waals surface area contributed by atoms with Gasteiger partial charge in [0.25, 0.3) is 0 Å². The molecule has 1 N–H and O–H groups in total. The van der Waals surface area contributed by atoms with Gasteiger partial charge in [-0.05, 0) is 22.0 Å². The van der Waals surface area contributed by atoms with E-state index in [4.69, 9.17) is 9.84 Å². The third-order valence-corrected chi connectivity index (χ3v) is 2.38. The van der Waals surface area contributed by atoms with Gasteiger partial charge in [-0.25, -0.2) is 4.79 Å². The zero-order valence-corrected chi connectivity index (χ0v) is 9.17. The molecule has 0 amide bonds. The first kappa shape index (κ1) is 10.8. The van der Waals surface area contributed by atoms with E-state index in [0.717, 1.165) is 0 Å². The highest BCUT2D eigenvalue weighted by Gasteiger charge is 2.14. The maximum atomic E-state index is 10.7. The summed E-state index contributed by atoms with van der Waals surface area (Å²) in [5.41, 5.74) is 0.498. The van der Waals surface area contributed by atoms with Gasteiger partial charge in [-0.15, -0.1) is 0 Å². The van der Waals surface area contributed by atoms with Crippen LogP contribution in [0.1, 0.15) is 5.56 Å². The van der Waals surface area contributed by atoms with Crippen molar-refractivity contribution in [3.05, 3.63) is 34.8 Å². The van der Waals surface area contributed by atoms with Gasteiger partial charge in [0.05, 0.1) is 17.2 Å². The van der Waals surface area contributed by atoms with Crippen LogP contribution in [0.3, 0.4) is 0 Å². The van der Waals surface area contributed by atoms with E-state index in [0.29, 0.717) is 15.8 Å². The van der Waals surface area contributed by atoms with E-state index in [-0.39, 0.29) is 5.57 Å². The van der Waals surface area contributed by atoms with E-state index in [1.165, 1.54) is 7.11 Å². The fourth-order valence-electron chi connectivity index (χ4n) is 1.07. The SMILES string of the molecule is C=C(C(=O)O)c1cccc(Br)c1OC. The highest BCUT2D eigenvalue weighted by atomic mass is 79.9. The van der Waals surface area contributed by atoms with E-state index in [1.807, 2.05) is 0 Å². The van der Waals surface area contributed by atoms with E-state index in [2.05, 4.69) is 22.5 Å². The first-order valence-corrected chi connectivity index (χ1v) is 4.62. The van der Waals surface area contributed by atoms with Gasteiger partial charge < -0.3 is 9.84 Å². The van der Waals surface area contributed by atoms with Crippen LogP contribution in [0, 0.1) is 0 Å². The molecule has 74 valence electrons. The number of para-hydroxylation sites is 1. The Labute approximate surface area is 90.1 Å². The largest absolute Gasteiger partial charge is 0.495 e. The molecule has 14 heavy (non-hydrogen) atoms. The molecule has 0 aliphatic carbocycles. The summed E-state index contributed by atoms with van der Waals surface area (Å²) in [6.07, 6.45) is 0. The van der Waals surface area contributed by atoms with E-state index >= 15 is 0 Å². The van der Waals surface area contributed by atoms with Crippen molar-refractivity contribution in [2.75, 3.05) is 7.11 Å². The predicted octanol–water partition coefficient (Wildman–Crippen LogP) is 2.56. The zero-order valence-electron chi connectivity index (χ0n) is 7.58. The number of hydrogen-bond donors (Lipinski definition) is 1. The van der Waals surface area contributed by atoms with Gasteiger partial charge in [0.2, 0.25) is 0 Å². The smallest absolute Gasteiger partial charge is 0.335 e. The number of halogens is 1. The molecule has 0 fully saturated rings. The van der Waals surface area contributed by atoms with Crippen LogP contribution in [0.4, 0.5) is 0 Å². The Morgan fingerprint density at radius 3 is 2.71 bits per heavy atom. The molecule has 0 aliphatic heterocycles. The normalized spacial score (nSPS) is 9.57. The van der Waals surface area contributed by atoms with E-state index in [9.17, 15) is 4.79 Å². The Bertz CT molecular complexity index is 385. The lowest BCUT2D eigenvalue weighted by Gasteiger charge is -2.09. The average Bonchev–Trinajstić information content (AvgIpc) is 2.16. The topological polar surface area (TPSA) is 46.5 Å². The van der Waals surface area contributed by atoms with Crippen LogP contribution in [0.5, 0.6) is 5.75 Å². The number of carboxylic acids is 1. The van der Waals surface area contributed by atoms with Gasteiger partial charge in [0.1, 0.15) is 5.75 Å². The van der Waals surface area contributed by atoms with Crippen LogP contribution in [0.25, 0.3) is 5.57 Å². The molecular weight excluding hydrogens is 248 g/mol. The van der Waals surface area contributed by atoms with Crippen LogP contribution < -0.4 is 4.74 Å². The molecule has 0 saturated heterocycles. The molecular formula is C10H9BrO3. The van der Waals surface area contributed by atoms with E-state index in [1.54, 1.807) is 18.2 Å². The number of carboxylic acid groups (broad SMARTS) is 1. The molecule has 1 rings (SSSR count). The van der Waals surface area contributed by atoms with Gasteiger partial charge in [-0.2, -0.15) is 0 Å². The van der Waals surface area contributed by atoms with Gasteiger partial charge >= 0.3 is 5.97 Å². The molecule has 0 aromatic heterocycles. The predicted molar refractivity (Wildman–Crippen MR) is 57.4 cm³/mol. The first-order valence-electron chi connectivity index (χ1n) is 3.83. The number of rotatable bonds is 3. The van der Waals surface area contributed by atoms with Crippen LogP contribution >= 0.6 is 15.9 Å². The molecule has 0 saturated carbocycles. The Balaban J connectivity index is 3.27. The second-order valence-corrected chi connectivity index (χ2v) is 3.46. The maximum absolute atomic E-state index is 10.7. The Hall–Kier alpha value is -1.29. The lowest BCUT2D eigenvalue weighted by molar-refractivity contribution is -0.130. The Kier molecular flexibility index (Phi) is 3.30. The molecule has 3 nitrogen and oxygen atoms in total. The fraction of sp³-hybridized carbons (Fsp3) is 0.100. The number of carbonyl (C=O) groups is 1. The third kappa shape index (κ3) is 1.96. The fourth-order valence-corrected chi connectivity index (χ4v) is 1.60. The highest BCUT2D eigenvalue weighted by molar-refractivity contribution is 9.10. The van der Waals surface area contributed by atoms with Gasteiger partial charge in [-0.3, -0.25) is 0 Å². The first-order chi connectivity index (χ1) is 6.57. The third-order valence-electron chi connectivity index (χ3n) is 1.75. The lowest BCUT2D eigenvalue weighted by Crippen LogP contribution is -2.00. The molecule has 0 spiro atoms. The molecule has 0 bridgehead atoms. The van der Waals surface area contributed by atoms with Gasteiger partial charge in [0.15, 0.2) is 0 Å². The summed E-state index contributed by atoms with van der Waals surface area (Å²) in [4.78, 5) is 10.7. The van der Waals surface area contributed by atoms with E-state index < -0.39 is 5.97 Å². The number of ether oxygens (including phenoxy) is 1. The molecule has 0 atom stereocenters. The molecule has 0 heterocycles. The van der Waals surface area contributed by atoms with Crippen molar-refractivity contribution >= 4 is 27.5 Å². The minimum absolute atomic E-state index is 0.0168. The number of methoxy groups -OCH3 is 1. The molecule has 0 radical (unpaired) electrons. The summed E-state index contributed by atoms with van der Waals surface area (Å²) in [6, 6.07) is 5.16. The monoisotopic (exact) mass is 256 g/mol. The minimum atomic E-state index is -1.05. The highest BCUT2D eigenvalue weighted by Crippen LogP contribution is 2.32. The van der Waals surface area contributed by atoms with Gasteiger partial charge in [-0.1, -0.05) is 18.7 Å². The molecule has 0 unspecified atom stereocenters. The summed E-state index contributed by atoms with van der Waals surface area (Å²) >= 11 is 3.27. The van der Waals surface area contributed by atoms with Crippen molar-refractivity contribution in [3.63, 3.8) is 0 Å². The van der Waals surface area contributed by atoms with Crippen LogP contribution in [0.15, 0.2) is 29.3 Å². The summed E-state index contributed by atoms with van der Waals surface area (Å²) in [5, 5.41) is 8.78. The Morgan fingerprint density at radius 1 is 1.57 bits per heavy atom. The van der Waals surface area contributed by atoms with Crippen molar-refractivity contribution in [1.29, 1.82) is 0 Å². The van der Waals surface area contributed by atoms with Gasteiger partial charge in [0, 0.05) is 5.56 Å². The zero-order chi connectivity index (χ0) is 10.7. The lowest BCUT2D eigenvalue weighted by atomic mass is 10.1. The van der Waals surface area contributed by atoms with Crippen LogP contribution in [0.2, 0.25) is 0 Å². The quantitative estimate of drug-likeness (QED) is 0.846. The van der Waals surface area contributed by atoms with Crippen molar-refractivity contribution in [2.24, 2.45) is 0 Å². The van der Waals surface area contributed by atoms with Crippen molar-refractivity contribution in [2.45, 2.75) is 0 Å². The average molecular weight is 257 g/mol. The second kappa shape index (κ2) is 4.28. The van der Waals surface area contributed by atoms with Crippen LogP contribution in [-0.4, -0.2) is 18.2 Å². The molecule has 0 aliphatic rings. The standard InChI is InChI=1S/C10H9BrO3/c1-6(10(12)13)7-4-3-5-8(11)9(7)14-2/h3-5H,1H2,2H3,(H,12,13). The van der Waals surface area contributed by atoms with Crippen molar-refractivity contribution in [1.82, 2.24) is 0 Å². The summed E-state index contributed by atoms with van der Waals surface area (Å²) in [7, 11) is 1.48. The maximum Gasteiger partial charge on any atom is 0.335 e. The molecule has 1 aromatic rings. The number of hydrogen-bond acceptors (Lipinski definition) is 2. The Morgan fingerprint density at radius 2 is 2.21 bits per heavy atom. The summed E-state index contributed by atoms with van der Waals surface area (Å²) in [6.45, 7) is 3.47. The summed E-state index contributed by atoms with van der Waals surface area (Å²) in [5.74, 6) is -0.568. The van der Waals surface area contributed by atoms with Crippen LogP contribution in [-0.2, 0) is 4.79 Å². The van der Waals surface area contributed by atoms with Crippen molar-refractivity contribution < 1.29 is 14.6 Å². The second-order valence-electron chi connectivity index (χ2n) is 2.60. The number of aliphatic carboxylic acids is 1. The van der Waals surface area contributed by atoms with Crippen molar-refractivity contribution in [3.8, 4) is 5.75 Å². The number of benzene rings is 1.